The second-order valence-corrected chi connectivity index (χ2v) is 6.20. The molecule has 0 amide bonds. The fraction of sp³-hybridized carbons (Fsp3) is 0.250. The van der Waals surface area contributed by atoms with Gasteiger partial charge in [-0.3, -0.25) is 4.21 Å². The molecule has 4 heteroatoms. The molecule has 0 heterocycles. The zero-order valence-corrected chi connectivity index (χ0v) is 12.5. The highest BCUT2D eigenvalue weighted by Crippen LogP contribution is 2.19. The van der Waals surface area contributed by atoms with Gasteiger partial charge in [0, 0.05) is 16.7 Å². The van der Waals surface area contributed by atoms with Crippen LogP contribution in [0.5, 0.6) is 5.75 Å². The van der Waals surface area contributed by atoms with E-state index in [1.807, 2.05) is 49.4 Å². The van der Waals surface area contributed by atoms with Crippen LogP contribution < -0.4 is 10.5 Å². The molecule has 2 N–H and O–H groups in total. The summed E-state index contributed by atoms with van der Waals surface area (Å²) in [7, 11) is 0.461. The summed E-state index contributed by atoms with van der Waals surface area (Å²) < 4.78 is 17.5. The number of hydrogen-bond acceptors (Lipinski definition) is 3. The van der Waals surface area contributed by atoms with Gasteiger partial charge in [0.05, 0.1) is 17.9 Å². The Balaban J connectivity index is 2.08. The first-order valence-corrected chi connectivity index (χ1v) is 7.76. The van der Waals surface area contributed by atoms with Gasteiger partial charge in [-0.05, 0) is 30.7 Å². The van der Waals surface area contributed by atoms with Crippen molar-refractivity contribution in [3.05, 3.63) is 59.7 Å². The van der Waals surface area contributed by atoms with Crippen LogP contribution in [0, 0.1) is 6.92 Å². The molecule has 0 aliphatic rings. The number of nitrogens with two attached hydrogens (primary N) is 1. The Morgan fingerprint density at radius 1 is 1.20 bits per heavy atom. The molecule has 2 unspecified atom stereocenters. The van der Waals surface area contributed by atoms with Gasteiger partial charge in [-0.15, -0.1) is 0 Å². The lowest BCUT2D eigenvalue weighted by Gasteiger charge is -2.12. The van der Waals surface area contributed by atoms with E-state index in [-0.39, 0.29) is 6.04 Å². The van der Waals surface area contributed by atoms with Gasteiger partial charge in [-0.25, -0.2) is 0 Å². The highest BCUT2D eigenvalue weighted by Gasteiger charge is 2.12. The van der Waals surface area contributed by atoms with E-state index in [0.29, 0.717) is 11.5 Å². The first-order chi connectivity index (χ1) is 9.60. The Labute approximate surface area is 122 Å². The largest absolute Gasteiger partial charge is 0.497 e. The van der Waals surface area contributed by atoms with Crippen molar-refractivity contribution < 1.29 is 8.95 Å². The molecule has 0 bridgehead atoms. The van der Waals surface area contributed by atoms with Crippen molar-refractivity contribution in [1.29, 1.82) is 0 Å². The van der Waals surface area contributed by atoms with Gasteiger partial charge < -0.3 is 10.5 Å². The van der Waals surface area contributed by atoms with Crippen LogP contribution in [0.1, 0.15) is 17.2 Å². The molecule has 0 fully saturated rings. The number of ether oxygens (including phenoxy) is 1. The molecule has 0 radical (unpaired) electrons. The fourth-order valence-corrected chi connectivity index (χ4v) is 3.10. The Morgan fingerprint density at radius 3 is 2.55 bits per heavy atom. The number of benzene rings is 2. The van der Waals surface area contributed by atoms with Gasteiger partial charge >= 0.3 is 0 Å². The Morgan fingerprint density at radius 2 is 1.90 bits per heavy atom. The van der Waals surface area contributed by atoms with E-state index in [2.05, 4.69) is 0 Å². The van der Waals surface area contributed by atoms with E-state index >= 15 is 0 Å². The lowest BCUT2D eigenvalue weighted by Crippen LogP contribution is -2.18. The minimum absolute atomic E-state index is 0.234. The van der Waals surface area contributed by atoms with Crippen molar-refractivity contribution in [2.24, 2.45) is 5.73 Å². The topological polar surface area (TPSA) is 52.3 Å². The first-order valence-electron chi connectivity index (χ1n) is 6.44. The third-order valence-corrected chi connectivity index (χ3v) is 4.58. The second kappa shape index (κ2) is 6.68. The van der Waals surface area contributed by atoms with Crippen LogP contribution in [0.25, 0.3) is 0 Å². The van der Waals surface area contributed by atoms with Gasteiger partial charge in [0.15, 0.2) is 0 Å². The number of aryl methyl sites for hydroxylation is 1. The third kappa shape index (κ3) is 3.68. The zero-order chi connectivity index (χ0) is 14.5. The molecule has 2 aromatic rings. The van der Waals surface area contributed by atoms with E-state index in [4.69, 9.17) is 10.5 Å². The smallest absolute Gasteiger partial charge is 0.120 e. The van der Waals surface area contributed by atoms with Crippen LogP contribution in [0.2, 0.25) is 0 Å². The normalized spacial score (nSPS) is 13.8. The predicted octanol–water partition coefficient (Wildman–Crippen LogP) is 2.81. The zero-order valence-electron chi connectivity index (χ0n) is 11.7. The van der Waals surface area contributed by atoms with Crippen molar-refractivity contribution in [2.75, 3.05) is 12.9 Å². The van der Waals surface area contributed by atoms with E-state index < -0.39 is 10.8 Å². The monoisotopic (exact) mass is 289 g/mol. The van der Waals surface area contributed by atoms with Crippen LogP contribution in [-0.2, 0) is 10.8 Å². The van der Waals surface area contributed by atoms with Gasteiger partial charge in [-0.1, -0.05) is 35.9 Å². The number of methoxy groups -OCH3 is 1. The van der Waals surface area contributed by atoms with Crippen LogP contribution in [0.15, 0.2) is 53.4 Å². The molecule has 2 rings (SSSR count). The Bertz CT molecular complexity index is 596. The molecule has 106 valence electrons. The Hall–Kier alpha value is -1.65. The van der Waals surface area contributed by atoms with E-state index in [1.54, 1.807) is 13.2 Å². The molecule has 20 heavy (non-hydrogen) atoms. The van der Waals surface area contributed by atoms with Gasteiger partial charge in [0.2, 0.25) is 0 Å². The van der Waals surface area contributed by atoms with Crippen LogP contribution in [-0.4, -0.2) is 17.1 Å². The highest BCUT2D eigenvalue weighted by molar-refractivity contribution is 7.85. The van der Waals surface area contributed by atoms with Gasteiger partial charge in [-0.2, -0.15) is 0 Å². The molecule has 0 aliphatic heterocycles. The highest BCUT2D eigenvalue weighted by atomic mass is 32.2. The molecule has 2 atom stereocenters. The average molecular weight is 289 g/mol. The van der Waals surface area contributed by atoms with Crippen molar-refractivity contribution in [3.8, 4) is 5.75 Å². The lowest BCUT2D eigenvalue weighted by atomic mass is 10.1. The molecular weight excluding hydrogens is 270 g/mol. The SMILES string of the molecule is COc1cccc(S(=O)CC(N)c2ccc(C)cc2)c1. The van der Waals surface area contributed by atoms with Crippen molar-refractivity contribution in [1.82, 2.24) is 0 Å². The summed E-state index contributed by atoms with van der Waals surface area (Å²) in [5.41, 5.74) is 8.33. The lowest BCUT2D eigenvalue weighted by molar-refractivity contribution is 0.413. The number of rotatable bonds is 5. The number of hydrogen-bond donors (Lipinski definition) is 1. The first kappa shape index (κ1) is 14.8. The summed E-state index contributed by atoms with van der Waals surface area (Å²) in [5, 5.41) is 0. The predicted molar refractivity (Wildman–Crippen MR) is 82.4 cm³/mol. The summed E-state index contributed by atoms with van der Waals surface area (Å²) in [5.74, 6) is 1.11. The van der Waals surface area contributed by atoms with Crippen LogP contribution >= 0.6 is 0 Å². The van der Waals surface area contributed by atoms with Crippen molar-refractivity contribution in [3.63, 3.8) is 0 Å². The van der Waals surface area contributed by atoms with Gasteiger partial charge in [0.1, 0.15) is 5.75 Å². The third-order valence-electron chi connectivity index (χ3n) is 3.14. The van der Waals surface area contributed by atoms with Crippen molar-refractivity contribution in [2.45, 2.75) is 17.9 Å². The van der Waals surface area contributed by atoms with Crippen molar-refractivity contribution >= 4 is 10.8 Å². The second-order valence-electron chi connectivity index (χ2n) is 4.71. The minimum Gasteiger partial charge on any atom is -0.497 e. The molecule has 2 aromatic carbocycles. The van der Waals surface area contributed by atoms with E-state index in [1.165, 1.54) is 5.56 Å². The van der Waals surface area contributed by atoms with E-state index in [9.17, 15) is 4.21 Å². The summed E-state index contributed by atoms with van der Waals surface area (Å²) in [4.78, 5) is 0.743. The molecule has 3 nitrogen and oxygen atoms in total. The van der Waals surface area contributed by atoms with Crippen LogP contribution in [0.4, 0.5) is 0 Å². The van der Waals surface area contributed by atoms with E-state index in [0.717, 1.165) is 10.5 Å². The standard InChI is InChI=1S/C16H19NO2S/c1-12-6-8-13(9-7-12)16(17)11-20(18)15-5-3-4-14(10-15)19-2/h3-10,16H,11,17H2,1-2H3. The summed E-state index contributed by atoms with van der Waals surface area (Å²) in [6, 6.07) is 15.1. The fourth-order valence-electron chi connectivity index (χ4n) is 1.91. The maximum absolute atomic E-state index is 12.3. The molecule has 0 aromatic heterocycles. The molecule has 0 saturated carbocycles. The van der Waals surface area contributed by atoms with Gasteiger partial charge in [0.25, 0.3) is 0 Å². The maximum Gasteiger partial charge on any atom is 0.120 e. The average Bonchev–Trinajstić information content (AvgIpc) is 2.47. The maximum atomic E-state index is 12.3. The minimum atomic E-state index is -1.14. The van der Waals surface area contributed by atoms with Crippen LogP contribution in [0.3, 0.4) is 0 Å². The summed E-state index contributed by atoms with van der Waals surface area (Å²) in [6.07, 6.45) is 0. The summed E-state index contributed by atoms with van der Waals surface area (Å²) >= 11 is 0. The summed E-state index contributed by atoms with van der Waals surface area (Å²) in [6.45, 7) is 2.03. The molecule has 0 spiro atoms. The molecule has 0 aliphatic carbocycles. The quantitative estimate of drug-likeness (QED) is 0.921. The molecule has 0 saturated heterocycles. The molecular formula is C16H19NO2S. The Kier molecular flexibility index (Phi) is 4.93.